The maximum absolute atomic E-state index is 10.5. The van der Waals surface area contributed by atoms with Crippen molar-refractivity contribution in [3.63, 3.8) is 0 Å². The average molecular weight is 240 g/mol. The molecule has 3 N–H and O–H groups in total. The van der Waals surface area contributed by atoms with Crippen LogP contribution in [0, 0.1) is 0 Å². The predicted octanol–water partition coefficient (Wildman–Crippen LogP) is 0.393. The summed E-state index contributed by atoms with van der Waals surface area (Å²) in [5.74, 6) is -1.49. The first-order valence-corrected chi connectivity index (χ1v) is 5.30. The molecule has 0 aliphatic carbocycles. The summed E-state index contributed by atoms with van der Waals surface area (Å²) in [5.41, 5.74) is 5.87. The van der Waals surface area contributed by atoms with Crippen LogP contribution < -0.4 is 5.73 Å². The van der Waals surface area contributed by atoms with E-state index in [1.807, 2.05) is 0 Å². The Balaban J connectivity index is 2.24. The van der Waals surface area contributed by atoms with E-state index in [0.29, 0.717) is 18.7 Å². The average Bonchev–Trinajstić information content (AvgIpc) is 2.84. The largest absolute Gasteiger partial charge is 0.475 e. The highest BCUT2D eigenvalue weighted by molar-refractivity contribution is 7.09. The number of hydrogen-bond donors (Lipinski definition) is 2. The highest BCUT2D eigenvalue weighted by Gasteiger charge is 2.16. The van der Waals surface area contributed by atoms with Gasteiger partial charge in [-0.1, -0.05) is 0 Å². The number of nitrogens with zero attached hydrogens (tertiary/aromatic N) is 3. The van der Waals surface area contributed by atoms with Crippen LogP contribution in [-0.4, -0.2) is 32.7 Å². The summed E-state index contributed by atoms with van der Waals surface area (Å²) in [5, 5.41) is 14.5. The van der Waals surface area contributed by atoms with Gasteiger partial charge in [-0.25, -0.2) is 9.78 Å². The first kappa shape index (κ1) is 10.7. The van der Waals surface area contributed by atoms with Crippen molar-refractivity contribution in [3.05, 3.63) is 16.2 Å². The smallest absolute Gasteiger partial charge is 0.377 e. The number of rotatable bonds is 4. The van der Waals surface area contributed by atoms with Crippen LogP contribution in [0.15, 0.2) is 9.90 Å². The molecule has 0 aliphatic rings. The summed E-state index contributed by atoms with van der Waals surface area (Å²) >= 11 is 1.42. The molecule has 0 unspecified atom stereocenters. The molecule has 0 saturated heterocycles. The molecule has 0 fully saturated rings. The van der Waals surface area contributed by atoms with E-state index in [9.17, 15) is 4.79 Å². The monoisotopic (exact) mass is 240 g/mol. The van der Waals surface area contributed by atoms with Crippen molar-refractivity contribution in [1.29, 1.82) is 0 Å². The molecular formula is C8H8N4O3S. The van der Waals surface area contributed by atoms with Gasteiger partial charge in [0.1, 0.15) is 5.69 Å². The summed E-state index contributed by atoms with van der Waals surface area (Å²) in [6.07, 6.45) is 0.671. The van der Waals surface area contributed by atoms with Gasteiger partial charge < -0.3 is 15.4 Å². The zero-order chi connectivity index (χ0) is 11.5. The normalized spacial score (nSPS) is 10.6. The minimum atomic E-state index is -1.23. The second-order valence-corrected chi connectivity index (χ2v) is 3.84. The van der Waals surface area contributed by atoms with E-state index in [1.165, 1.54) is 11.3 Å². The van der Waals surface area contributed by atoms with Gasteiger partial charge in [-0.05, 0) is 11.7 Å². The summed E-state index contributed by atoms with van der Waals surface area (Å²) in [4.78, 5) is 18.4. The van der Waals surface area contributed by atoms with Crippen LogP contribution in [0.1, 0.15) is 15.6 Å². The molecule has 0 saturated carbocycles. The third-order valence-electron chi connectivity index (χ3n) is 1.75. The quantitative estimate of drug-likeness (QED) is 0.794. The van der Waals surface area contributed by atoms with Gasteiger partial charge in [0.15, 0.2) is 0 Å². The van der Waals surface area contributed by atoms with Gasteiger partial charge >= 0.3 is 5.97 Å². The highest BCUT2D eigenvalue weighted by atomic mass is 32.1. The number of hydrogen-bond acceptors (Lipinski definition) is 7. The number of carboxylic acid groups (broad SMARTS) is 1. The molecule has 0 radical (unpaired) electrons. The Labute approximate surface area is 93.9 Å². The third kappa shape index (κ3) is 2.07. The number of nitrogens with two attached hydrogens (primary N) is 1. The fraction of sp³-hybridized carbons (Fsp3) is 0.250. The molecule has 8 heteroatoms. The van der Waals surface area contributed by atoms with Crippen molar-refractivity contribution in [3.8, 4) is 11.6 Å². The lowest BCUT2D eigenvalue weighted by molar-refractivity contribution is 0.0680. The second-order valence-electron chi connectivity index (χ2n) is 2.89. The Morgan fingerprint density at radius 1 is 1.56 bits per heavy atom. The van der Waals surface area contributed by atoms with Gasteiger partial charge in [0, 0.05) is 11.8 Å². The Morgan fingerprint density at radius 2 is 2.38 bits per heavy atom. The van der Waals surface area contributed by atoms with E-state index in [0.717, 1.165) is 5.01 Å². The molecule has 2 heterocycles. The number of aromatic carboxylic acids is 1. The van der Waals surface area contributed by atoms with Crippen LogP contribution in [0.2, 0.25) is 0 Å². The molecule has 0 amide bonds. The van der Waals surface area contributed by atoms with Gasteiger partial charge in [-0.3, -0.25) is 0 Å². The van der Waals surface area contributed by atoms with E-state index < -0.39 is 5.97 Å². The molecule has 2 aromatic rings. The Bertz CT molecular complexity index is 507. The highest BCUT2D eigenvalue weighted by Crippen LogP contribution is 2.20. The zero-order valence-corrected chi connectivity index (χ0v) is 8.90. The van der Waals surface area contributed by atoms with Crippen LogP contribution in [0.4, 0.5) is 0 Å². The van der Waals surface area contributed by atoms with Crippen molar-refractivity contribution in [2.45, 2.75) is 6.42 Å². The summed E-state index contributed by atoms with van der Waals surface area (Å²) in [6.45, 7) is 0.511. The van der Waals surface area contributed by atoms with Crippen LogP contribution in [-0.2, 0) is 6.42 Å². The van der Waals surface area contributed by atoms with Gasteiger partial charge in [-0.15, -0.1) is 11.3 Å². The van der Waals surface area contributed by atoms with Crippen LogP contribution in [0.5, 0.6) is 0 Å². The minimum Gasteiger partial charge on any atom is -0.475 e. The van der Waals surface area contributed by atoms with E-state index in [-0.39, 0.29) is 11.7 Å². The number of carboxylic acids is 1. The van der Waals surface area contributed by atoms with Crippen molar-refractivity contribution in [2.75, 3.05) is 6.54 Å². The molecule has 2 aromatic heterocycles. The maximum atomic E-state index is 10.5. The van der Waals surface area contributed by atoms with Crippen LogP contribution >= 0.6 is 11.3 Å². The third-order valence-corrected chi connectivity index (χ3v) is 2.65. The number of thiazole rings is 1. The van der Waals surface area contributed by atoms with E-state index in [4.69, 9.17) is 15.4 Å². The molecule has 0 aliphatic heterocycles. The van der Waals surface area contributed by atoms with Crippen molar-refractivity contribution < 1.29 is 14.4 Å². The SMILES string of the molecule is NCCc1nc(-c2nc(C(=O)O)no2)cs1. The summed E-state index contributed by atoms with van der Waals surface area (Å²) in [7, 11) is 0. The molecule has 0 atom stereocenters. The first-order valence-electron chi connectivity index (χ1n) is 4.42. The van der Waals surface area contributed by atoms with E-state index >= 15 is 0 Å². The van der Waals surface area contributed by atoms with Gasteiger partial charge in [-0.2, -0.15) is 4.98 Å². The fourth-order valence-corrected chi connectivity index (χ4v) is 1.85. The van der Waals surface area contributed by atoms with Gasteiger partial charge in [0.25, 0.3) is 11.7 Å². The summed E-state index contributed by atoms with van der Waals surface area (Å²) in [6, 6.07) is 0. The molecular weight excluding hydrogens is 232 g/mol. The molecule has 2 rings (SSSR count). The maximum Gasteiger partial charge on any atom is 0.377 e. The fourth-order valence-electron chi connectivity index (χ4n) is 1.06. The Hall–Kier alpha value is -1.80. The molecule has 0 spiro atoms. The molecule has 7 nitrogen and oxygen atoms in total. The number of aromatic nitrogens is 3. The van der Waals surface area contributed by atoms with Crippen LogP contribution in [0.25, 0.3) is 11.6 Å². The van der Waals surface area contributed by atoms with Crippen LogP contribution in [0.3, 0.4) is 0 Å². The lowest BCUT2D eigenvalue weighted by atomic mass is 10.4. The molecule has 0 aromatic carbocycles. The first-order chi connectivity index (χ1) is 7.70. The Kier molecular flexibility index (Phi) is 2.93. The van der Waals surface area contributed by atoms with Crippen molar-refractivity contribution in [2.24, 2.45) is 5.73 Å². The van der Waals surface area contributed by atoms with Crippen molar-refractivity contribution >= 4 is 17.3 Å². The molecule has 0 bridgehead atoms. The standard InChI is InChI=1S/C8H8N4O3S/c9-2-1-5-10-4(3-16-5)7-11-6(8(13)14)12-15-7/h3H,1-2,9H2,(H,13,14). The molecule has 16 heavy (non-hydrogen) atoms. The minimum absolute atomic E-state index is 0.108. The predicted molar refractivity (Wildman–Crippen MR) is 55.1 cm³/mol. The lowest BCUT2D eigenvalue weighted by Crippen LogP contribution is -2.02. The summed E-state index contributed by atoms with van der Waals surface area (Å²) < 4.78 is 4.77. The molecule has 84 valence electrons. The second kappa shape index (κ2) is 4.37. The van der Waals surface area contributed by atoms with Gasteiger partial charge in [0.05, 0.1) is 5.01 Å². The van der Waals surface area contributed by atoms with Crippen molar-refractivity contribution in [1.82, 2.24) is 15.1 Å². The zero-order valence-electron chi connectivity index (χ0n) is 8.08. The lowest BCUT2D eigenvalue weighted by Gasteiger charge is -1.87. The topological polar surface area (TPSA) is 115 Å². The Morgan fingerprint density at radius 3 is 3.00 bits per heavy atom. The number of carbonyl (C=O) groups is 1. The van der Waals surface area contributed by atoms with Gasteiger partial charge in [0.2, 0.25) is 0 Å². The van der Waals surface area contributed by atoms with E-state index in [2.05, 4.69) is 15.1 Å². The van der Waals surface area contributed by atoms with E-state index in [1.54, 1.807) is 5.38 Å².